The molecule has 11 nitrogen and oxygen atoms in total. The van der Waals surface area contributed by atoms with Gasteiger partial charge in [0.2, 0.25) is 0 Å². The zero-order chi connectivity index (χ0) is 19.5. The fourth-order valence-corrected chi connectivity index (χ4v) is 3.93. The van der Waals surface area contributed by atoms with E-state index in [9.17, 15) is 20.1 Å². The molecule has 0 bridgehead atoms. The topological polar surface area (TPSA) is 174 Å². The Bertz CT molecular complexity index is 651. The maximum absolute atomic E-state index is 12.4. The van der Waals surface area contributed by atoms with E-state index in [1.165, 1.54) is 4.90 Å². The summed E-state index contributed by atoms with van der Waals surface area (Å²) in [6, 6.07) is -1.44. The van der Waals surface area contributed by atoms with Crippen LogP contribution in [0.1, 0.15) is 20.8 Å². The summed E-state index contributed by atoms with van der Waals surface area (Å²) in [5, 5.41) is 55.8. The SMILES string of the molecule is CC(C)(C)C(=O)O[C@H]1CN2C(=N)N[C@@H](CO)C3NC(=N)NC32[C@@]1(O)CO. The zero-order valence-corrected chi connectivity index (χ0v) is 15.0. The minimum Gasteiger partial charge on any atom is -0.457 e. The van der Waals surface area contributed by atoms with Gasteiger partial charge in [-0.1, -0.05) is 0 Å². The molecule has 1 spiro atoms. The van der Waals surface area contributed by atoms with Gasteiger partial charge >= 0.3 is 5.97 Å². The van der Waals surface area contributed by atoms with Gasteiger partial charge in [-0.15, -0.1) is 0 Å². The van der Waals surface area contributed by atoms with Crippen molar-refractivity contribution in [3.8, 4) is 0 Å². The zero-order valence-electron chi connectivity index (χ0n) is 15.0. The van der Waals surface area contributed by atoms with Gasteiger partial charge in [0, 0.05) is 0 Å². The molecule has 3 heterocycles. The second-order valence-corrected chi connectivity index (χ2v) is 8.01. The lowest BCUT2D eigenvalue weighted by Gasteiger charge is -2.52. The number of carbonyl (C=O) groups is 1. The second-order valence-electron chi connectivity index (χ2n) is 8.01. The molecule has 5 atom stereocenters. The minimum absolute atomic E-state index is 0.0542. The summed E-state index contributed by atoms with van der Waals surface area (Å²) in [5.74, 6) is -0.781. The van der Waals surface area contributed by atoms with Crippen LogP contribution in [0, 0.1) is 16.2 Å². The van der Waals surface area contributed by atoms with Gasteiger partial charge in [-0.3, -0.25) is 15.6 Å². The van der Waals surface area contributed by atoms with E-state index in [0.717, 1.165) is 0 Å². The van der Waals surface area contributed by atoms with Crippen molar-refractivity contribution >= 4 is 17.9 Å². The third-order valence-electron chi connectivity index (χ3n) is 5.33. The standard InChI is InChI=1S/C15H26N6O5/c1-13(2,3)10(24)26-8-4-21-12(17)18-7(5-22)9-15(21,14(8,25)6-23)20-11(16)19-9/h7-9,22-23,25H,4-6H2,1-3H3,(H2,17,18)(H3,16,19,20)/t7-,8-,9?,14+,15?/m0/s1. The van der Waals surface area contributed by atoms with Crippen LogP contribution < -0.4 is 16.0 Å². The lowest BCUT2D eigenvalue weighted by Crippen LogP contribution is -2.81. The summed E-state index contributed by atoms with van der Waals surface area (Å²) in [6.07, 6.45) is -1.14. The van der Waals surface area contributed by atoms with Gasteiger partial charge in [-0.05, 0) is 20.8 Å². The monoisotopic (exact) mass is 370 g/mol. The Kier molecular flexibility index (Phi) is 4.09. The fourth-order valence-electron chi connectivity index (χ4n) is 3.93. The number of carbonyl (C=O) groups excluding carboxylic acids is 1. The lowest BCUT2D eigenvalue weighted by molar-refractivity contribution is -0.184. The number of nitrogens with one attached hydrogen (secondary N) is 5. The van der Waals surface area contributed by atoms with Crippen molar-refractivity contribution in [2.24, 2.45) is 5.41 Å². The molecule has 3 saturated heterocycles. The molecule has 3 aliphatic rings. The quantitative estimate of drug-likeness (QED) is 0.242. The number of aliphatic hydroxyl groups is 3. The van der Waals surface area contributed by atoms with Gasteiger partial charge in [-0.25, -0.2) is 0 Å². The number of nitrogens with zero attached hydrogens (tertiary/aromatic N) is 1. The molecule has 0 saturated carbocycles. The molecule has 0 radical (unpaired) electrons. The highest BCUT2D eigenvalue weighted by Gasteiger charge is 2.74. The van der Waals surface area contributed by atoms with E-state index < -0.39 is 47.4 Å². The predicted molar refractivity (Wildman–Crippen MR) is 90.3 cm³/mol. The number of guanidine groups is 2. The van der Waals surface area contributed by atoms with Crippen LogP contribution in [-0.4, -0.2) is 87.3 Å². The molecule has 0 aromatic carbocycles. The molecule has 0 aromatic heterocycles. The van der Waals surface area contributed by atoms with Crippen LogP contribution in [-0.2, 0) is 9.53 Å². The molecule has 3 aliphatic heterocycles. The molecule has 3 fully saturated rings. The maximum Gasteiger partial charge on any atom is 0.311 e. The van der Waals surface area contributed by atoms with Crippen molar-refractivity contribution in [3.63, 3.8) is 0 Å². The van der Waals surface area contributed by atoms with Crippen molar-refractivity contribution in [1.82, 2.24) is 20.9 Å². The average Bonchev–Trinajstić information content (AvgIpc) is 3.03. The van der Waals surface area contributed by atoms with E-state index in [2.05, 4.69) is 16.0 Å². The Hall–Kier alpha value is -2.11. The molecule has 8 N–H and O–H groups in total. The van der Waals surface area contributed by atoms with Crippen LogP contribution in [0.15, 0.2) is 0 Å². The lowest BCUT2D eigenvalue weighted by atomic mass is 9.78. The summed E-state index contributed by atoms with van der Waals surface area (Å²) in [6.45, 7) is 3.84. The highest BCUT2D eigenvalue weighted by molar-refractivity contribution is 5.88. The smallest absolute Gasteiger partial charge is 0.311 e. The number of hydrogen-bond donors (Lipinski definition) is 8. The molecule has 11 heteroatoms. The summed E-state index contributed by atoms with van der Waals surface area (Å²) < 4.78 is 5.51. The molecule has 0 aliphatic carbocycles. The number of aliphatic hydroxyl groups excluding tert-OH is 2. The van der Waals surface area contributed by atoms with Gasteiger partial charge < -0.3 is 40.9 Å². The highest BCUT2D eigenvalue weighted by Crippen LogP contribution is 2.45. The first-order valence-electron chi connectivity index (χ1n) is 8.42. The Balaban J connectivity index is 2.06. The van der Waals surface area contributed by atoms with Crippen LogP contribution in [0.5, 0.6) is 0 Å². The van der Waals surface area contributed by atoms with E-state index in [-0.39, 0.29) is 25.1 Å². The van der Waals surface area contributed by atoms with Crippen LogP contribution in [0.2, 0.25) is 0 Å². The van der Waals surface area contributed by atoms with E-state index in [1.807, 2.05) is 0 Å². The van der Waals surface area contributed by atoms with Gasteiger partial charge in [0.05, 0.1) is 37.3 Å². The van der Waals surface area contributed by atoms with E-state index in [0.29, 0.717) is 0 Å². The predicted octanol–water partition coefficient (Wildman–Crippen LogP) is -2.93. The third kappa shape index (κ3) is 2.27. The van der Waals surface area contributed by atoms with Crippen molar-refractivity contribution in [3.05, 3.63) is 0 Å². The number of rotatable bonds is 3. The first kappa shape index (κ1) is 18.7. The summed E-state index contributed by atoms with van der Waals surface area (Å²) in [4.78, 5) is 13.8. The number of hydrogen-bond acceptors (Lipinski definition) is 7. The van der Waals surface area contributed by atoms with Gasteiger partial charge in [-0.2, -0.15) is 0 Å². The van der Waals surface area contributed by atoms with Crippen LogP contribution >= 0.6 is 0 Å². The molecule has 146 valence electrons. The van der Waals surface area contributed by atoms with Crippen LogP contribution in [0.4, 0.5) is 0 Å². The average molecular weight is 370 g/mol. The Morgan fingerprint density at radius 1 is 1.35 bits per heavy atom. The first-order chi connectivity index (χ1) is 12.0. The normalized spacial score (nSPS) is 38.8. The molecule has 0 aromatic rings. The van der Waals surface area contributed by atoms with Gasteiger partial charge in [0.1, 0.15) is 0 Å². The molecule has 2 unspecified atom stereocenters. The molecule has 3 rings (SSSR count). The Morgan fingerprint density at radius 3 is 2.54 bits per heavy atom. The fraction of sp³-hybridized carbons (Fsp3) is 0.800. The van der Waals surface area contributed by atoms with Crippen molar-refractivity contribution in [2.45, 2.75) is 50.2 Å². The Labute approximate surface area is 150 Å². The van der Waals surface area contributed by atoms with E-state index >= 15 is 0 Å². The largest absolute Gasteiger partial charge is 0.457 e. The van der Waals surface area contributed by atoms with E-state index in [4.69, 9.17) is 15.6 Å². The molecular weight excluding hydrogens is 344 g/mol. The first-order valence-corrected chi connectivity index (χ1v) is 8.42. The molecule has 26 heavy (non-hydrogen) atoms. The van der Waals surface area contributed by atoms with Crippen LogP contribution in [0.3, 0.4) is 0 Å². The van der Waals surface area contributed by atoms with Crippen molar-refractivity contribution < 1.29 is 24.9 Å². The number of ether oxygens (including phenoxy) is 1. The number of esters is 1. The molecular formula is C15H26N6O5. The summed E-state index contributed by atoms with van der Waals surface area (Å²) in [5.41, 5.74) is -4.34. The van der Waals surface area contributed by atoms with Gasteiger partial charge in [0.25, 0.3) is 0 Å². The molecule has 0 amide bonds. The maximum atomic E-state index is 12.4. The Morgan fingerprint density at radius 2 is 2.00 bits per heavy atom. The summed E-state index contributed by atoms with van der Waals surface area (Å²) in [7, 11) is 0. The van der Waals surface area contributed by atoms with Gasteiger partial charge in [0.15, 0.2) is 29.3 Å². The second kappa shape index (κ2) is 5.69. The van der Waals surface area contributed by atoms with Crippen molar-refractivity contribution in [2.75, 3.05) is 19.8 Å². The minimum atomic E-state index is -2.00. The summed E-state index contributed by atoms with van der Waals surface area (Å²) >= 11 is 0. The third-order valence-corrected chi connectivity index (χ3v) is 5.33. The van der Waals surface area contributed by atoms with Crippen LogP contribution in [0.25, 0.3) is 0 Å². The van der Waals surface area contributed by atoms with Crippen molar-refractivity contribution in [1.29, 1.82) is 10.8 Å². The highest BCUT2D eigenvalue weighted by atomic mass is 16.6. The van der Waals surface area contributed by atoms with E-state index in [1.54, 1.807) is 20.8 Å².